The fraction of sp³-hybridized carbons (Fsp3) is 0.259. The second-order valence-electron chi connectivity index (χ2n) is 7.93. The minimum absolute atomic E-state index is 0.583. The van der Waals surface area contributed by atoms with Gasteiger partial charge >= 0.3 is 0 Å². The SMILES string of the molecule is CN(C)c1ccc(/C(=C\c2cc[n+](C[CH-]CCCCN=[N+]=[N-])cc2)c2ccccc2)cc1. The lowest BCUT2D eigenvalue weighted by Crippen LogP contribution is -2.32. The van der Waals surface area contributed by atoms with Crippen molar-refractivity contribution < 1.29 is 4.57 Å². The minimum Gasteiger partial charge on any atom is -0.378 e. The molecule has 5 heteroatoms. The first-order valence-corrected chi connectivity index (χ1v) is 11.0. The van der Waals surface area contributed by atoms with E-state index in [9.17, 15) is 0 Å². The van der Waals surface area contributed by atoms with E-state index in [-0.39, 0.29) is 0 Å². The Balaban J connectivity index is 1.71. The first-order valence-electron chi connectivity index (χ1n) is 11.0. The Labute approximate surface area is 191 Å². The number of anilines is 1. The molecule has 0 spiro atoms. The van der Waals surface area contributed by atoms with Crippen LogP contribution in [-0.4, -0.2) is 20.6 Å². The van der Waals surface area contributed by atoms with Gasteiger partial charge in [0.2, 0.25) is 0 Å². The van der Waals surface area contributed by atoms with Crippen molar-refractivity contribution in [3.63, 3.8) is 0 Å². The smallest absolute Gasteiger partial charge is 0.166 e. The van der Waals surface area contributed by atoms with Crippen LogP contribution >= 0.6 is 0 Å². The monoisotopic (exact) mass is 425 g/mol. The van der Waals surface area contributed by atoms with Crippen molar-refractivity contribution >= 4 is 17.3 Å². The molecule has 3 aromatic rings. The largest absolute Gasteiger partial charge is 0.378 e. The topological polar surface area (TPSA) is 55.9 Å². The average Bonchev–Trinajstić information content (AvgIpc) is 2.83. The summed E-state index contributed by atoms with van der Waals surface area (Å²) in [4.78, 5) is 4.90. The second-order valence-corrected chi connectivity index (χ2v) is 7.93. The molecule has 0 radical (unpaired) electrons. The quantitative estimate of drug-likeness (QED) is 0.0886. The molecule has 0 saturated heterocycles. The number of azide groups is 1. The number of unbranched alkanes of at least 4 members (excludes halogenated alkanes) is 3. The summed E-state index contributed by atoms with van der Waals surface area (Å²) in [6.07, 6.45) is 11.8. The second kappa shape index (κ2) is 12.3. The summed E-state index contributed by atoms with van der Waals surface area (Å²) in [5.74, 6) is 0. The molecule has 0 amide bonds. The predicted molar refractivity (Wildman–Crippen MR) is 133 cm³/mol. The van der Waals surface area contributed by atoms with E-state index in [1.807, 2.05) is 0 Å². The molecule has 1 aromatic heterocycles. The molecule has 0 bridgehead atoms. The van der Waals surface area contributed by atoms with Gasteiger partial charge in [0, 0.05) is 49.9 Å². The van der Waals surface area contributed by atoms with Crippen LogP contribution in [0, 0.1) is 6.42 Å². The zero-order valence-corrected chi connectivity index (χ0v) is 18.9. The van der Waals surface area contributed by atoms with Crippen molar-refractivity contribution in [1.29, 1.82) is 0 Å². The van der Waals surface area contributed by atoms with Crippen LogP contribution in [0.3, 0.4) is 0 Å². The Hall–Kier alpha value is -3.56. The van der Waals surface area contributed by atoms with Crippen LogP contribution in [0.5, 0.6) is 0 Å². The number of nitrogens with zero attached hydrogens (tertiary/aromatic N) is 5. The summed E-state index contributed by atoms with van der Waals surface area (Å²) < 4.78 is 2.18. The van der Waals surface area contributed by atoms with E-state index in [1.165, 1.54) is 28.0 Å². The molecule has 0 aliphatic carbocycles. The Bertz CT molecular complexity index is 1030. The number of rotatable bonds is 11. The molecular weight excluding hydrogens is 394 g/mol. The average molecular weight is 426 g/mol. The zero-order chi connectivity index (χ0) is 22.6. The summed E-state index contributed by atoms with van der Waals surface area (Å²) in [5, 5.41) is 3.57. The highest BCUT2D eigenvalue weighted by molar-refractivity contribution is 5.91. The van der Waals surface area contributed by atoms with Crippen LogP contribution in [-0.2, 0) is 6.54 Å². The van der Waals surface area contributed by atoms with E-state index in [0.29, 0.717) is 6.54 Å². The predicted octanol–water partition coefficient (Wildman–Crippen LogP) is 6.31. The van der Waals surface area contributed by atoms with Crippen LogP contribution in [0.25, 0.3) is 22.1 Å². The molecule has 0 fully saturated rings. The molecule has 1 heterocycles. The highest BCUT2D eigenvalue weighted by Crippen LogP contribution is 2.27. The van der Waals surface area contributed by atoms with Crippen LogP contribution < -0.4 is 9.47 Å². The summed E-state index contributed by atoms with van der Waals surface area (Å²) in [6.45, 7) is 1.46. The lowest BCUT2D eigenvalue weighted by Gasteiger charge is -2.14. The first-order chi connectivity index (χ1) is 15.7. The van der Waals surface area contributed by atoms with Gasteiger partial charge < -0.3 is 4.90 Å². The molecule has 0 N–H and O–H groups in total. The molecule has 164 valence electrons. The van der Waals surface area contributed by atoms with Crippen molar-refractivity contribution in [3.05, 3.63) is 113 Å². The van der Waals surface area contributed by atoms with Gasteiger partial charge in [-0.25, -0.2) is 4.57 Å². The normalized spacial score (nSPS) is 11.1. The molecule has 0 atom stereocenters. The van der Waals surface area contributed by atoms with Crippen LogP contribution in [0.15, 0.2) is 84.2 Å². The zero-order valence-electron chi connectivity index (χ0n) is 18.9. The van der Waals surface area contributed by atoms with Crippen LogP contribution in [0.4, 0.5) is 5.69 Å². The number of hydrogen-bond acceptors (Lipinski definition) is 2. The standard InChI is InChI=1S/C27H31N5/c1-31(2)26-14-12-25(13-15-26)27(24-10-6-5-7-11-24)22-23-16-20-32(21-17-23)19-9-4-3-8-18-29-30-28/h5-7,9-17,20-22H,3-4,8,18-19H2,1-2H3. The highest BCUT2D eigenvalue weighted by atomic mass is 15.1. The van der Waals surface area contributed by atoms with Crippen molar-refractivity contribution in [3.8, 4) is 0 Å². The lowest BCUT2D eigenvalue weighted by atomic mass is 9.95. The van der Waals surface area contributed by atoms with Gasteiger partial charge in [-0.1, -0.05) is 60.4 Å². The van der Waals surface area contributed by atoms with E-state index in [4.69, 9.17) is 5.53 Å². The molecule has 2 aromatic carbocycles. The number of aromatic nitrogens is 1. The van der Waals surface area contributed by atoms with E-state index in [0.717, 1.165) is 25.8 Å². The van der Waals surface area contributed by atoms with E-state index in [1.54, 1.807) is 0 Å². The van der Waals surface area contributed by atoms with Crippen molar-refractivity contribution in [2.75, 3.05) is 25.5 Å². The van der Waals surface area contributed by atoms with Crippen molar-refractivity contribution in [1.82, 2.24) is 0 Å². The Morgan fingerprint density at radius 1 is 0.969 bits per heavy atom. The van der Waals surface area contributed by atoms with Crippen molar-refractivity contribution in [2.45, 2.75) is 25.8 Å². The Morgan fingerprint density at radius 2 is 1.66 bits per heavy atom. The van der Waals surface area contributed by atoms with E-state index >= 15 is 0 Å². The molecule has 0 unspecified atom stereocenters. The number of pyridine rings is 1. The van der Waals surface area contributed by atoms with E-state index < -0.39 is 0 Å². The Kier molecular flexibility index (Phi) is 8.91. The maximum atomic E-state index is 8.30. The number of benzene rings is 2. The van der Waals surface area contributed by atoms with Gasteiger partial charge in [-0.2, -0.15) is 6.42 Å². The fourth-order valence-corrected chi connectivity index (χ4v) is 3.50. The number of hydrogen-bond donors (Lipinski definition) is 0. The van der Waals surface area contributed by atoms with Gasteiger partial charge in [-0.05, 0) is 46.0 Å². The highest BCUT2D eigenvalue weighted by Gasteiger charge is 2.07. The van der Waals surface area contributed by atoms with Crippen LogP contribution in [0.2, 0.25) is 0 Å². The molecule has 3 rings (SSSR count). The van der Waals surface area contributed by atoms with Gasteiger partial charge in [0.15, 0.2) is 12.4 Å². The maximum absolute atomic E-state index is 8.30. The molecule has 0 saturated carbocycles. The lowest BCUT2D eigenvalue weighted by molar-refractivity contribution is -0.690. The summed E-state index contributed by atoms with van der Waals surface area (Å²) in [6, 6.07) is 23.5. The molecule has 0 aliphatic rings. The van der Waals surface area contributed by atoms with Crippen LogP contribution in [0.1, 0.15) is 36.0 Å². The van der Waals surface area contributed by atoms with E-state index in [2.05, 4.69) is 125 Å². The fourth-order valence-electron chi connectivity index (χ4n) is 3.50. The van der Waals surface area contributed by atoms with Gasteiger partial charge in [-0.15, -0.1) is 0 Å². The maximum Gasteiger partial charge on any atom is 0.166 e. The molecule has 5 nitrogen and oxygen atoms in total. The Morgan fingerprint density at radius 3 is 2.31 bits per heavy atom. The molecular formula is C27H31N5. The first kappa shape index (κ1) is 23.1. The molecule has 32 heavy (non-hydrogen) atoms. The van der Waals surface area contributed by atoms with Gasteiger partial charge in [0.05, 0.1) is 0 Å². The third-order valence-electron chi connectivity index (χ3n) is 5.33. The minimum atomic E-state index is 0.583. The summed E-state index contributed by atoms with van der Waals surface area (Å²) in [7, 11) is 4.12. The molecule has 0 aliphatic heterocycles. The summed E-state index contributed by atoms with van der Waals surface area (Å²) in [5.41, 5.74) is 14.3. The third-order valence-corrected chi connectivity index (χ3v) is 5.33. The van der Waals surface area contributed by atoms with Gasteiger partial charge in [0.25, 0.3) is 0 Å². The summed E-state index contributed by atoms with van der Waals surface area (Å²) >= 11 is 0. The van der Waals surface area contributed by atoms with Crippen molar-refractivity contribution in [2.24, 2.45) is 5.11 Å². The third kappa shape index (κ3) is 7.00. The van der Waals surface area contributed by atoms with Gasteiger partial charge in [0.1, 0.15) is 0 Å². The van der Waals surface area contributed by atoms with Gasteiger partial charge in [-0.3, -0.25) is 6.42 Å².